The van der Waals surface area contributed by atoms with Gasteiger partial charge in [0.05, 0.1) is 0 Å². The summed E-state index contributed by atoms with van der Waals surface area (Å²) in [5, 5.41) is 7.86. The van der Waals surface area contributed by atoms with Crippen molar-refractivity contribution in [2.75, 3.05) is 6.16 Å². The lowest BCUT2D eigenvalue weighted by Crippen LogP contribution is -2.12. The average Bonchev–Trinajstić information content (AvgIpc) is 2.75. The number of nitrogens with zero attached hydrogens (tertiary/aromatic N) is 3. The number of hydrogen-bond donors (Lipinski definition) is 2. The van der Waals surface area contributed by atoms with Crippen molar-refractivity contribution >= 4 is 32.1 Å². The Hall–Kier alpha value is -2.26. The van der Waals surface area contributed by atoms with Crippen molar-refractivity contribution < 1.29 is 0 Å². The van der Waals surface area contributed by atoms with Crippen molar-refractivity contribution in [3.05, 3.63) is 53.2 Å². The van der Waals surface area contributed by atoms with E-state index in [4.69, 9.17) is 11.3 Å². The molecule has 0 saturated carbocycles. The second-order valence-corrected chi connectivity index (χ2v) is 6.26. The molecule has 0 amide bonds. The first-order valence-electron chi connectivity index (χ1n) is 8.13. The summed E-state index contributed by atoms with van der Waals surface area (Å²) in [5.74, 6) is 0.272. The minimum Gasteiger partial charge on any atom is -0.382 e. The molecule has 1 unspecified atom stereocenters. The minimum absolute atomic E-state index is 0.272. The largest absolute Gasteiger partial charge is 0.382 e. The molecule has 0 spiro atoms. The molecule has 0 fully saturated rings. The molecule has 1 atom stereocenters. The highest BCUT2D eigenvalue weighted by atomic mass is 31.0. The predicted octanol–water partition coefficient (Wildman–Crippen LogP) is 4.07. The van der Waals surface area contributed by atoms with Crippen molar-refractivity contribution in [3.63, 3.8) is 0 Å². The van der Waals surface area contributed by atoms with Gasteiger partial charge in [-0.25, -0.2) is 0 Å². The molecular weight excluding hydrogens is 317 g/mol. The highest BCUT2D eigenvalue weighted by Gasteiger charge is 2.17. The molecular formula is C18H22N5P. The number of nitrogens with two attached hydrogens (primary N) is 1. The van der Waals surface area contributed by atoms with Crippen LogP contribution in [-0.2, 0) is 13.0 Å². The van der Waals surface area contributed by atoms with Gasteiger partial charge < -0.3 is 10.3 Å². The summed E-state index contributed by atoms with van der Waals surface area (Å²) in [6.07, 6.45) is 13.2. The van der Waals surface area contributed by atoms with Crippen LogP contribution in [0.3, 0.4) is 0 Å². The summed E-state index contributed by atoms with van der Waals surface area (Å²) >= 11 is 0. The van der Waals surface area contributed by atoms with E-state index in [9.17, 15) is 0 Å². The van der Waals surface area contributed by atoms with Crippen molar-refractivity contribution in [3.8, 4) is 0 Å². The first kappa shape index (κ1) is 16.6. The molecule has 1 aliphatic rings. The summed E-state index contributed by atoms with van der Waals surface area (Å²) in [4.78, 5) is 0. The van der Waals surface area contributed by atoms with E-state index in [0.29, 0.717) is 0 Å². The maximum absolute atomic E-state index is 6.86. The number of nitrogens with one attached hydrogen (secondary N) is 1. The molecule has 1 aliphatic carbocycles. The number of allylic oxidation sites excluding steroid dienone is 3. The first-order chi connectivity index (χ1) is 11.8. The number of hydrogen-bond acceptors (Lipinski definition) is 2. The van der Waals surface area contributed by atoms with Crippen LogP contribution in [0, 0.1) is 5.53 Å². The molecule has 0 radical (unpaired) electrons. The van der Waals surface area contributed by atoms with Gasteiger partial charge in [0.2, 0.25) is 0 Å². The van der Waals surface area contributed by atoms with Crippen LogP contribution in [0.2, 0.25) is 0 Å². The van der Waals surface area contributed by atoms with Crippen molar-refractivity contribution in [2.24, 2.45) is 16.1 Å². The minimum atomic E-state index is 0.272. The van der Waals surface area contributed by atoms with Gasteiger partial charge >= 0.3 is 0 Å². The monoisotopic (exact) mass is 339 g/mol. The van der Waals surface area contributed by atoms with Crippen LogP contribution in [0.25, 0.3) is 17.0 Å². The van der Waals surface area contributed by atoms with Crippen molar-refractivity contribution in [1.82, 2.24) is 4.57 Å². The molecule has 2 aromatic rings. The van der Waals surface area contributed by atoms with Crippen LogP contribution in [0.1, 0.15) is 29.7 Å². The van der Waals surface area contributed by atoms with E-state index in [1.807, 2.05) is 6.07 Å². The fraction of sp³-hybridized carbons (Fsp3) is 0.278. The van der Waals surface area contributed by atoms with Gasteiger partial charge in [0.15, 0.2) is 5.84 Å². The highest BCUT2D eigenvalue weighted by Crippen LogP contribution is 2.31. The zero-order valence-electron chi connectivity index (χ0n) is 13.6. The van der Waals surface area contributed by atoms with Crippen molar-refractivity contribution in [1.29, 1.82) is 5.53 Å². The Morgan fingerprint density at radius 3 is 3.04 bits per heavy atom. The first-order valence-corrected chi connectivity index (χ1v) is 8.95. The lowest BCUT2D eigenvalue weighted by Gasteiger charge is -2.08. The maximum atomic E-state index is 6.86. The summed E-state index contributed by atoms with van der Waals surface area (Å²) in [5.41, 5.74) is 17.4. The number of fused-ring (bicyclic) bond motifs is 3. The lowest BCUT2D eigenvalue weighted by atomic mass is 10.1. The van der Waals surface area contributed by atoms with Gasteiger partial charge in [-0.05, 0) is 43.6 Å². The van der Waals surface area contributed by atoms with Crippen LogP contribution in [0.15, 0.2) is 46.8 Å². The fourth-order valence-corrected chi connectivity index (χ4v) is 3.43. The fourth-order valence-electron chi connectivity index (χ4n) is 3.23. The second kappa shape index (κ2) is 7.54. The number of rotatable bonds is 5. The van der Waals surface area contributed by atoms with E-state index in [1.165, 1.54) is 28.6 Å². The zero-order chi connectivity index (χ0) is 16.9. The van der Waals surface area contributed by atoms with Gasteiger partial charge in [-0.15, -0.1) is 14.3 Å². The Labute approximate surface area is 144 Å². The summed E-state index contributed by atoms with van der Waals surface area (Å²) in [7, 11) is 2.72. The molecule has 1 aromatic carbocycles. The van der Waals surface area contributed by atoms with Gasteiger partial charge in [-0.1, -0.05) is 29.5 Å². The van der Waals surface area contributed by atoms with Gasteiger partial charge in [-0.2, -0.15) is 5.53 Å². The number of aromatic nitrogens is 1. The highest BCUT2D eigenvalue weighted by molar-refractivity contribution is 7.16. The van der Waals surface area contributed by atoms with E-state index in [-0.39, 0.29) is 5.84 Å². The molecule has 0 aliphatic heterocycles. The van der Waals surface area contributed by atoms with E-state index in [0.717, 1.165) is 31.1 Å². The molecule has 3 N–H and O–H groups in total. The third kappa shape index (κ3) is 3.17. The van der Waals surface area contributed by atoms with Gasteiger partial charge in [0.1, 0.15) is 0 Å². The van der Waals surface area contributed by atoms with E-state index in [1.54, 1.807) is 0 Å². The van der Waals surface area contributed by atoms with Gasteiger partial charge in [0.25, 0.3) is 0 Å². The molecule has 0 bridgehead atoms. The third-order valence-corrected chi connectivity index (χ3v) is 4.60. The van der Waals surface area contributed by atoms with Crippen LogP contribution < -0.4 is 5.73 Å². The molecule has 24 heavy (non-hydrogen) atoms. The molecule has 5 nitrogen and oxygen atoms in total. The summed E-state index contributed by atoms with van der Waals surface area (Å²) < 4.78 is 2.39. The Bertz CT molecular complexity index is 845. The Morgan fingerprint density at radius 1 is 1.38 bits per heavy atom. The van der Waals surface area contributed by atoms with Gasteiger partial charge in [-0.3, -0.25) is 0 Å². The van der Waals surface area contributed by atoms with Gasteiger partial charge in [0, 0.05) is 34.3 Å². The van der Waals surface area contributed by atoms with Crippen LogP contribution in [0.4, 0.5) is 0 Å². The topological polar surface area (TPSA) is 79.5 Å². The number of benzene rings is 1. The molecule has 124 valence electrons. The second-order valence-electron chi connectivity index (χ2n) is 5.79. The van der Waals surface area contributed by atoms with E-state index in [2.05, 4.69) is 60.6 Å². The Morgan fingerprint density at radius 2 is 2.25 bits per heavy atom. The zero-order valence-corrected chi connectivity index (χ0v) is 14.7. The average molecular weight is 339 g/mol. The van der Waals surface area contributed by atoms with E-state index >= 15 is 0 Å². The quantitative estimate of drug-likeness (QED) is 0.211. The Balaban J connectivity index is 2.19. The van der Waals surface area contributed by atoms with Crippen LogP contribution in [-0.4, -0.2) is 16.6 Å². The Kier molecular flexibility index (Phi) is 5.21. The molecule has 0 saturated heterocycles. The molecule has 6 heteroatoms. The summed E-state index contributed by atoms with van der Waals surface area (Å²) in [6, 6.07) is 6.10. The molecule has 3 rings (SSSR count). The van der Waals surface area contributed by atoms with Crippen molar-refractivity contribution in [2.45, 2.75) is 25.8 Å². The third-order valence-electron chi connectivity index (χ3n) is 4.33. The molecule has 1 aromatic heterocycles. The van der Waals surface area contributed by atoms with E-state index < -0.39 is 0 Å². The summed E-state index contributed by atoms with van der Waals surface area (Å²) in [6.45, 7) is 0.874. The normalized spacial score (nSPS) is 15.0. The predicted molar refractivity (Wildman–Crippen MR) is 103 cm³/mol. The number of amidine groups is 1. The standard InChI is InChI=1S/C18H22N5P/c19-18(21-22-20)13-8-9-17-15(12-13)14-6-2-1-3-7-16(14)23(17)10-4-5-11-24/h2,4-6,8-9,12H,1,3,7,10-11,24H2,(H3,19,20,21)/b5-4+. The maximum Gasteiger partial charge on any atom is 0.155 e. The SMILES string of the molecule is N=NN=C(N)c1ccc2c(c1)c1c(n2C/C=C/CP)CCCC=C1. The molecule has 1 heterocycles. The van der Waals surface area contributed by atoms with Crippen LogP contribution in [0.5, 0.6) is 0 Å². The van der Waals surface area contributed by atoms with Crippen LogP contribution >= 0.6 is 9.24 Å². The smallest absolute Gasteiger partial charge is 0.155 e. The lowest BCUT2D eigenvalue weighted by molar-refractivity contribution is 0.740.